The summed E-state index contributed by atoms with van der Waals surface area (Å²) in [6.07, 6.45) is 2.79. The molecule has 0 atom stereocenters. The Morgan fingerprint density at radius 3 is 2.54 bits per heavy atom. The molecule has 0 radical (unpaired) electrons. The van der Waals surface area contributed by atoms with E-state index in [1.165, 1.54) is 25.7 Å². The molecule has 11 heteroatoms. The summed E-state index contributed by atoms with van der Waals surface area (Å²) < 4.78 is 15.7. The van der Waals surface area contributed by atoms with Crippen LogP contribution in [0.15, 0.2) is 82.5 Å². The SMILES string of the molecule is COc1cc(C=NNC(=O)c2[nH]c3c(Cl)cc(Cl)cc3c2-c2ccccc2Cl)ccc1OC(=O)c1ccco1. The number of hydrazone groups is 1. The first-order valence-corrected chi connectivity index (χ1v) is 12.5. The molecule has 0 aliphatic carbocycles. The minimum absolute atomic E-state index is 0.0575. The molecule has 0 aliphatic rings. The van der Waals surface area contributed by atoms with Crippen LogP contribution in [0, 0.1) is 0 Å². The van der Waals surface area contributed by atoms with Crippen molar-refractivity contribution in [2.45, 2.75) is 0 Å². The topological polar surface area (TPSA) is 106 Å². The van der Waals surface area contributed by atoms with Crippen molar-refractivity contribution >= 4 is 63.8 Å². The number of furan rings is 1. The third kappa shape index (κ3) is 5.49. The van der Waals surface area contributed by atoms with Gasteiger partial charge in [-0.25, -0.2) is 10.2 Å². The number of carbonyl (C=O) groups is 2. The normalized spacial score (nSPS) is 11.2. The molecule has 0 spiro atoms. The lowest BCUT2D eigenvalue weighted by atomic mass is 10.0. The molecule has 5 aromatic rings. The van der Waals surface area contributed by atoms with Crippen molar-refractivity contribution in [2.24, 2.45) is 5.10 Å². The van der Waals surface area contributed by atoms with Gasteiger partial charge in [0.2, 0.25) is 5.76 Å². The molecule has 2 heterocycles. The first-order chi connectivity index (χ1) is 18.9. The summed E-state index contributed by atoms with van der Waals surface area (Å²) >= 11 is 19.1. The summed E-state index contributed by atoms with van der Waals surface area (Å²) in [6, 6.07) is 18.3. The van der Waals surface area contributed by atoms with Crippen molar-refractivity contribution in [3.05, 3.63) is 105 Å². The van der Waals surface area contributed by atoms with Crippen LogP contribution in [-0.4, -0.2) is 30.2 Å². The molecule has 2 N–H and O–H groups in total. The molecule has 0 unspecified atom stereocenters. The van der Waals surface area contributed by atoms with Gasteiger partial charge in [-0.3, -0.25) is 4.79 Å². The molecule has 196 valence electrons. The number of H-pyrrole nitrogens is 1. The van der Waals surface area contributed by atoms with E-state index in [1.54, 1.807) is 54.6 Å². The number of benzene rings is 3. The van der Waals surface area contributed by atoms with Gasteiger partial charge in [0.1, 0.15) is 5.69 Å². The van der Waals surface area contributed by atoms with Crippen LogP contribution in [-0.2, 0) is 0 Å². The van der Waals surface area contributed by atoms with Gasteiger partial charge in [-0.1, -0.05) is 53.0 Å². The minimum Gasteiger partial charge on any atom is -0.493 e. The van der Waals surface area contributed by atoms with Crippen molar-refractivity contribution in [3.8, 4) is 22.6 Å². The highest BCUT2D eigenvalue weighted by atomic mass is 35.5. The maximum absolute atomic E-state index is 13.3. The van der Waals surface area contributed by atoms with E-state index in [0.717, 1.165) is 0 Å². The number of carbonyl (C=O) groups excluding carboxylic acids is 2. The molecule has 3 aromatic carbocycles. The number of esters is 1. The van der Waals surface area contributed by atoms with E-state index >= 15 is 0 Å². The van der Waals surface area contributed by atoms with Gasteiger partial charge in [-0.2, -0.15) is 5.10 Å². The number of halogens is 3. The van der Waals surface area contributed by atoms with Gasteiger partial charge >= 0.3 is 5.97 Å². The van der Waals surface area contributed by atoms with Crippen molar-refractivity contribution in [3.63, 3.8) is 0 Å². The summed E-state index contributed by atoms with van der Waals surface area (Å²) in [5.41, 5.74) is 5.00. The highest BCUT2D eigenvalue weighted by Crippen LogP contribution is 2.40. The van der Waals surface area contributed by atoms with Gasteiger partial charge in [0.05, 0.1) is 30.1 Å². The van der Waals surface area contributed by atoms with E-state index < -0.39 is 11.9 Å². The van der Waals surface area contributed by atoms with E-state index in [2.05, 4.69) is 15.5 Å². The van der Waals surface area contributed by atoms with Gasteiger partial charge in [0.25, 0.3) is 5.91 Å². The Balaban J connectivity index is 1.40. The molecule has 8 nitrogen and oxygen atoms in total. The van der Waals surface area contributed by atoms with Crippen LogP contribution in [0.5, 0.6) is 11.5 Å². The fourth-order valence-electron chi connectivity index (χ4n) is 3.95. The number of nitrogens with zero attached hydrogens (tertiary/aromatic N) is 1. The predicted octanol–water partition coefficient (Wildman–Crippen LogP) is 7.38. The van der Waals surface area contributed by atoms with Crippen LogP contribution < -0.4 is 14.9 Å². The Kier molecular flexibility index (Phi) is 7.60. The zero-order valence-corrected chi connectivity index (χ0v) is 22.4. The van der Waals surface area contributed by atoms with Crippen LogP contribution in [0.25, 0.3) is 22.0 Å². The number of hydrogen-bond acceptors (Lipinski definition) is 6. The number of ether oxygens (including phenoxy) is 2. The van der Waals surface area contributed by atoms with E-state index in [9.17, 15) is 9.59 Å². The highest BCUT2D eigenvalue weighted by Gasteiger charge is 2.22. The molecule has 0 aliphatic heterocycles. The van der Waals surface area contributed by atoms with E-state index in [-0.39, 0.29) is 23.0 Å². The van der Waals surface area contributed by atoms with Crippen molar-refractivity contribution in [1.29, 1.82) is 0 Å². The Morgan fingerprint density at radius 1 is 0.974 bits per heavy atom. The number of methoxy groups -OCH3 is 1. The average molecular weight is 583 g/mol. The standard InChI is InChI=1S/C28H18Cl3N3O5/c1-37-23-11-15(8-9-21(23)39-28(36)22-7-4-10-38-22)14-32-34-27(35)26-24(17-5-2-3-6-19(17)30)18-12-16(29)13-20(31)25(18)33-26/h2-14,33H,1H3,(H,34,35). The average Bonchev–Trinajstić information content (AvgIpc) is 3.59. The third-order valence-corrected chi connectivity index (χ3v) is 6.53. The Hall–Kier alpha value is -4.24. The van der Waals surface area contributed by atoms with Gasteiger partial charge < -0.3 is 18.9 Å². The molecule has 0 fully saturated rings. The van der Waals surface area contributed by atoms with Crippen molar-refractivity contribution < 1.29 is 23.5 Å². The third-order valence-electron chi connectivity index (χ3n) is 5.69. The minimum atomic E-state index is -0.666. The number of rotatable bonds is 7. The Labute approximate surface area is 237 Å². The molecule has 39 heavy (non-hydrogen) atoms. The van der Waals surface area contributed by atoms with Crippen molar-refractivity contribution in [1.82, 2.24) is 10.4 Å². The number of aromatic nitrogens is 1. The van der Waals surface area contributed by atoms with E-state index in [1.807, 2.05) is 6.07 Å². The van der Waals surface area contributed by atoms with E-state index in [4.69, 9.17) is 48.7 Å². The lowest BCUT2D eigenvalue weighted by molar-refractivity contribution is 0.0696. The fraction of sp³-hybridized carbons (Fsp3) is 0.0357. The molecule has 1 amide bonds. The fourth-order valence-corrected chi connectivity index (χ4v) is 4.72. The second-order valence-electron chi connectivity index (χ2n) is 8.14. The molecular formula is C28H18Cl3N3O5. The first-order valence-electron chi connectivity index (χ1n) is 11.4. The van der Waals surface area contributed by atoms with Gasteiger partial charge in [-0.05, 0) is 54.1 Å². The van der Waals surface area contributed by atoms with E-state index in [0.29, 0.717) is 42.7 Å². The molecule has 0 bridgehead atoms. The number of aromatic amines is 1. The monoisotopic (exact) mass is 581 g/mol. The number of fused-ring (bicyclic) bond motifs is 1. The van der Waals surface area contributed by atoms with Crippen molar-refractivity contribution in [2.75, 3.05) is 7.11 Å². The predicted molar refractivity (Wildman–Crippen MR) is 150 cm³/mol. The maximum Gasteiger partial charge on any atom is 0.379 e. The number of hydrogen-bond donors (Lipinski definition) is 2. The van der Waals surface area contributed by atoms with Gasteiger partial charge in [0.15, 0.2) is 11.5 Å². The summed E-state index contributed by atoms with van der Waals surface area (Å²) in [5, 5.41) is 5.93. The quantitative estimate of drug-likeness (QED) is 0.0901. The zero-order chi connectivity index (χ0) is 27.5. The largest absolute Gasteiger partial charge is 0.493 e. The summed E-state index contributed by atoms with van der Waals surface area (Å²) in [6.45, 7) is 0. The smallest absolute Gasteiger partial charge is 0.379 e. The van der Waals surface area contributed by atoms with Gasteiger partial charge in [0, 0.05) is 26.6 Å². The second kappa shape index (κ2) is 11.2. The van der Waals surface area contributed by atoms with Crippen LogP contribution >= 0.6 is 34.8 Å². The summed E-state index contributed by atoms with van der Waals surface area (Å²) in [5.74, 6) is -0.657. The molecular weight excluding hydrogens is 565 g/mol. The second-order valence-corrected chi connectivity index (χ2v) is 9.39. The zero-order valence-electron chi connectivity index (χ0n) is 20.1. The molecule has 0 saturated heterocycles. The Bertz CT molecular complexity index is 1730. The summed E-state index contributed by atoms with van der Waals surface area (Å²) in [7, 11) is 1.44. The van der Waals surface area contributed by atoms with Crippen LogP contribution in [0.4, 0.5) is 0 Å². The van der Waals surface area contributed by atoms with Crippen LogP contribution in [0.2, 0.25) is 15.1 Å². The first kappa shape index (κ1) is 26.4. The highest BCUT2D eigenvalue weighted by molar-refractivity contribution is 6.39. The lowest BCUT2D eigenvalue weighted by Crippen LogP contribution is -2.19. The molecule has 5 rings (SSSR count). The maximum atomic E-state index is 13.3. The number of nitrogens with one attached hydrogen (secondary N) is 2. The number of amides is 1. The molecule has 0 saturated carbocycles. The van der Waals surface area contributed by atoms with Crippen LogP contribution in [0.1, 0.15) is 26.6 Å². The summed E-state index contributed by atoms with van der Waals surface area (Å²) in [4.78, 5) is 28.5. The molecule has 2 aromatic heterocycles. The van der Waals surface area contributed by atoms with Gasteiger partial charge in [-0.15, -0.1) is 0 Å². The van der Waals surface area contributed by atoms with Crippen LogP contribution in [0.3, 0.4) is 0 Å². The Morgan fingerprint density at radius 2 is 1.79 bits per heavy atom. The lowest BCUT2D eigenvalue weighted by Gasteiger charge is -2.09.